The van der Waals surface area contributed by atoms with E-state index in [1.54, 1.807) is 0 Å². The average molecular weight is 257 g/mol. The Morgan fingerprint density at radius 1 is 1.29 bits per heavy atom. The molecule has 1 aromatic carbocycles. The molecule has 0 amide bonds. The van der Waals surface area contributed by atoms with Gasteiger partial charge in [-0.2, -0.15) is 0 Å². The maximum absolute atomic E-state index is 13.4. The van der Waals surface area contributed by atoms with Gasteiger partial charge in [-0.3, -0.25) is 10.3 Å². The van der Waals surface area contributed by atoms with Crippen molar-refractivity contribution < 1.29 is 13.6 Å². The van der Waals surface area contributed by atoms with Crippen LogP contribution in [0.2, 0.25) is 0 Å². The van der Waals surface area contributed by atoms with E-state index >= 15 is 0 Å². The molecular formula is C12H13F2NOS. The molecule has 0 aromatic heterocycles. The molecule has 0 unspecified atom stereocenters. The van der Waals surface area contributed by atoms with Gasteiger partial charge >= 0.3 is 0 Å². The summed E-state index contributed by atoms with van der Waals surface area (Å²) in [5.74, 6) is -0.802. The van der Waals surface area contributed by atoms with E-state index in [1.807, 2.05) is 19.9 Å². The molecule has 5 heteroatoms. The number of hydroxylamine groups is 1. The number of thioether (sulfide) groups is 1. The van der Waals surface area contributed by atoms with Crippen LogP contribution in [-0.2, 0) is 10.6 Å². The summed E-state index contributed by atoms with van der Waals surface area (Å²) >= 11 is 1.31. The molecule has 1 N–H and O–H groups in total. The maximum atomic E-state index is 13.4. The van der Waals surface area contributed by atoms with Gasteiger partial charge in [-0.25, -0.2) is 8.78 Å². The summed E-state index contributed by atoms with van der Waals surface area (Å²) in [7, 11) is 0. The van der Waals surface area contributed by atoms with Gasteiger partial charge in [-0.05, 0) is 32.1 Å². The van der Waals surface area contributed by atoms with Crippen molar-refractivity contribution in [3.8, 4) is 0 Å². The lowest BCUT2D eigenvalue weighted by molar-refractivity contribution is -0.0126. The van der Waals surface area contributed by atoms with Crippen molar-refractivity contribution in [2.75, 3.05) is 0 Å². The highest BCUT2D eigenvalue weighted by Gasteiger charge is 2.24. The van der Waals surface area contributed by atoms with E-state index < -0.39 is 11.6 Å². The SMILES string of the molecule is CC1(C)C=C(SCc2c(F)cccc2F)NO1. The summed E-state index contributed by atoms with van der Waals surface area (Å²) in [6.45, 7) is 3.80. The summed E-state index contributed by atoms with van der Waals surface area (Å²) in [6.07, 6.45) is 1.89. The minimum atomic E-state index is -0.517. The van der Waals surface area contributed by atoms with E-state index in [1.165, 1.54) is 30.0 Å². The third-order valence-corrected chi connectivity index (χ3v) is 3.27. The fourth-order valence-corrected chi connectivity index (χ4v) is 2.49. The Labute approximate surface area is 103 Å². The molecule has 0 spiro atoms. The summed E-state index contributed by atoms with van der Waals surface area (Å²) in [6, 6.07) is 3.88. The number of benzene rings is 1. The quantitative estimate of drug-likeness (QED) is 0.897. The fourth-order valence-electron chi connectivity index (χ4n) is 1.45. The van der Waals surface area contributed by atoms with Gasteiger partial charge in [0.05, 0.1) is 5.03 Å². The van der Waals surface area contributed by atoms with Crippen molar-refractivity contribution >= 4 is 11.8 Å². The first-order valence-corrected chi connectivity index (χ1v) is 6.19. The van der Waals surface area contributed by atoms with Crippen LogP contribution in [0.5, 0.6) is 0 Å². The Morgan fingerprint density at radius 3 is 2.47 bits per heavy atom. The average Bonchev–Trinajstić information content (AvgIpc) is 2.57. The van der Waals surface area contributed by atoms with E-state index in [4.69, 9.17) is 4.84 Å². The van der Waals surface area contributed by atoms with Crippen LogP contribution in [0.4, 0.5) is 8.78 Å². The van der Waals surface area contributed by atoms with E-state index in [-0.39, 0.29) is 16.9 Å². The van der Waals surface area contributed by atoms with Crippen LogP contribution in [0.3, 0.4) is 0 Å². The molecule has 0 fully saturated rings. The van der Waals surface area contributed by atoms with Gasteiger partial charge in [0.1, 0.15) is 17.2 Å². The molecular weight excluding hydrogens is 244 g/mol. The molecule has 2 nitrogen and oxygen atoms in total. The van der Waals surface area contributed by atoms with E-state index in [2.05, 4.69) is 5.48 Å². The number of rotatable bonds is 3. The number of nitrogens with one attached hydrogen (secondary N) is 1. The summed E-state index contributed by atoms with van der Waals surface area (Å²) in [5, 5.41) is 0.776. The zero-order valence-electron chi connectivity index (χ0n) is 9.59. The second-order valence-corrected chi connectivity index (χ2v) is 5.32. The lowest BCUT2D eigenvalue weighted by Crippen LogP contribution is -2.20. The van der Waals surface area contributed by atoms with Crippen LogP contribution < -0.4 is 5.48 Å². The third kappa shape index (κ3) is 2.98. The van der Waals surface area contributed by atoms with Crippen molar-refractivity contribution in [3.05, 3.63) is 46.5 Å². The van der Waals surface area contributed by atoms with Crippen molar-refractivity contribution in [1.29, 1.82) is 0 Å². The van der Waals surface area contributed by atoms with Crippen LogP contribution in [0, 0.1) is 11.6 Å². The second kappa shape index (κ2) is 4.66. The Hall–Kier alpha value is -1.07. The highest BCUT2D eigenvalue weighted by molar-refractivity contribution is 8.02. The predicted molar refractivity (Wildman–Crippen MR) is 64.0 cm³/mol. The second-order valence-electron chi connectivity index (χ2n) is 4.31. The van der Waals surface area contributed by atoms with Crippen molar-refractivity contribution in [2.24, 2.45) is 0 Å². The molecule has 0 bridgehead atoms. The molecule has 0 atom stereocenters. The predicted octanol–water partition coefficient (Wildman–Crippen LogP) is 3.35. The Bertz CT molecular complexity index is 440. The molecule has 1 aliphatic heterocycles. The fraction of sp³-hybridized carbons (Fsp3) is 0.333. The van der Waals surface area contributed by atoms with E-state index in [0.717, 1.165) is 5.03 Å². The standard InChI is InChI=1S/C12H13F2NOS/c1-12(2)6-11(15-16-12)17-7-8-9(13)4-3-5-10(8)14/h3-6,15H,7H2,1-2H3. The van der Waals surface area contributed by atoms with Gasteiger partial charge in [0.2, 0.25) is 0 Å². The van der Waals surface area contributed by atoms with E-state index in [0.29, 0.717) is 0 Å². The molecule has 2 rings (SSSR count). The van der Waals surface area contributed by atoms with E-state index in [9.17, 15) is 8.78 Å². The van der Waals surface area contributed by atoms with Gasteiger partial charge in [0, 0.05) is 11.3 Å². The molecule has 0 radical (unpaired) electrons. The first kappa shape index (κ1) is 12.4. The van der Waals surface area contributed by atoms with Crippen LogP contribution >= 0.6 is 11.8 Å². The van der Waals surface area contributed by atoms with Crippen molar-refractivity contribution in [3.63, 3.8) is 0 Å². The Balaban J connectivity index is 2.04. The smallest absolute Gasteiger partial charge is 0.130 e. The zero-order chi connectivity index (χ0) is 12.5. The molecule has 1 heterocycles. The monoisotopic (exact) mass is 257 g/mol. The summed E-state index contributed by atoms with van der Waals surface area (Å²) < 4.78 is 26.7. The van der Waals surface area contributed by atoms with Gasteiger partial charge < -0.3 is 0 Å². The normalized spacial score (nSPS) is 17.8. The van der Waals surface area contributed by atoms with Gasteiger partial charge in [0.25, 0.3) is 0 Å². The lowest BCUT2D eigenvalue weighted by Gasteiger charge is -2.11. The molecule has 0 aliphatic carbocycles. The Morgan fingerprint density at radius 2 is 1.94 bits per heavy atom. The molecule has 17 heavy (non-hydrogen) atoms. The first-order chi connectivity index (χ1) is 7.98. The van der Waals surface area contributed by atoms with Crippen molar-refractivity contribution in [1.82, 2.24) is 5.48 Å². The summed E-state index contributed by atoms with van der Waals surface area (Å²) in [5.41, 5.74) is 2.44. The van der Waals surface area contributed by atoms with Gasteiger partial charge in [-0.1, -0.05) is 6.07 Å². The first-order valence-electron chi connectivity index (χ1n) is 5.20. The topological polar surface area (TPSA) is 21.3 Å². The molecule has 1 aliphatic rings. The van der Waals surface area contributed by atoms with Gasteiger partial charge in [0.15, 0.2) is 0 Å². The zero-order valence-corrected chi connectivity index (χ0v) is 10.4. The third-order valence-electron chi connectivity index (χ3n) is 2.33. The highest BCUT2D eigenvalue weighted by Crippen LogP contribution is 2.29. The molecule has 1 aromatic rings. The lowest BCUT2D eigenvalue weighted by atomic mass is 10.1. The Kier molecular flexibility index (Phi) is 3.40. The molecule has 92 valence electrons. The largest absolute Gasteiger partial charge is 0.265 e. The van der Waals surface area contributed by atoms with Crippen LogP contribution in [0.25, 0.3) is 0 Å². The van der Waals surface area contributed by atoms with Crippen LogP contribution in [0.15, 0.2) is 29.3 Å². The summed E-state index contributed by atoms with van der Waals surface area (Å²) in [4.78, 5) is 5.25. The number of halogens is 2. The molecule has 0 saturated carbocycles. The highest BCUT2D eigenvalue weighted by atomic mass is 32.2. The van der Waals surface area contributed by atoms with Crippen molar-refractivity contribution in [2.45, 2.75) is 25.2 Å². The maximum Gasteiger partial charge on any atom is 0.130 e. The minimum absolute atomic E-state index is 0.0879. The molecule has 0 saturated heterocycles. The van der Waals surface area contributed by atoms with Crippen LogP contribution in [0.1, 0.15) is 19.4 Å². The number of hydrogen-bond acceptors (Lipinski definition) is 3. The number of hydrogen-bond donors (Lipinski definition) is 1. The van der Waals surface area contributed by atoms with Crippen LogP contribution in [-0.4, -0.2) is 5.60 Å². The minimum Gasteiger partial charge on any atom is -0.265 e. The van der Waals surface area contributed by atoms with Gasteiger partial charge in [-0.15, -0.1) is 11.8 Å².